The minimum absolute atomic E-state index is 0.735. The van der Waals surface area contributed by atoms with Crippen molar-refractivity contribution in [2.45, 2.75) is 12.8 Å². The number of hydrogen-bond acceptors (Lipinski definition) is 2. The van der Waals surface area contributed by atoms with Crippen molar-refractivity contribution < 1.29 is 4.74 Å². The Morgan fingerprint density at radius 1 is 1.23 bits per heavy atom. The highest BCUT2D eigenvalue weighted by Gasteiger charge is 1.97. The Balaban J connectivity index is 2.32. The van der Waals surface area contributed by atoms with E-state index in [-0.39, 0.29) is 0 Å². The highest BCUT2D eigenvalue weighted by Crippen LogP contribution is 2.23. The Bertz CT molecular complexity index is 252. The Labute approximate surface area is 87.2 Å². The molecule has 2 nitrogen and oxygen atoms in total. The van der Waals surface area contributed by atoms with Gasteiger partial charge in [-0.3, -0.25) is 0 Å². The van der Waals surface area contributed by atoms with Gasteiger partial charge in [-0.05, 0) is 47.4 Å². The largest absolute Gasteiger partial charge is 0.492 e. The maximum Gasteiger partial charge on any atom is 0.133 e. The lowest BCUT2D eigenvalue weighted by atomic mass is 10.3. The quantitative estimate of drug-likeness (QED) is 0.808. The van der Waals surface area contributed by atoms with E-state index in [4.69, 9.17) is 10.5 Å². The minimum Gasteiger partial charge on any atom is -0.492 e. The molecule has 0 aromatic heterocycles. The molecular formula is C10H14BrNO. The van der Waals surface area contributed by atoms with Gasteiger partial charge in [0.1, 0.15) is 5.75 Å². The fraction of sp³-hybridized carbons (Fsp3) is 0.400. The van der Waals surface area contributed by atoms with Crippen molar-refractivity contribution in [1.82, 2.24) is 0 Å². The second-order valence-electron chi connectivity index (χ2n) is 2.77. The van der Waals surface area contributed by atoms with Crippen LogP contribution in [0.15, 0.2) is 28.7 Å². The van der Waals surface area contributed by atoms with E-state index in [0.717, 1.165) is 36.2 Å². The summed E-state index contributed by atoms with van der Waals surface area (Å²) in [4.78, 5) is 0. The predicted molar refractivity (Wildman–Crippen MR) is 57.9 cm³/mol. The molecule has 0 bridgehead atoms. The minimum atomic E-state index is 0.735. The molecule has 0 radical (unpaired) electrons. The van der Waals surface area contributed by atoms with Crippen molar-refractivity contribution in [2.75, 3.05) is 13.2 Å². The third-order valence-corrected chi connectivity index (χ3v) is 2.35. The molecular weight excluding hydrogens is 230 g/mol. The molecule has 0 amide bonds. The van der Waals surface area contributed by atoms with E-state index < -0.39 is 0 Å². The lowest BCUT2D eigenvalue weighted by Gasteiger charge is -2.06. The maximum absolute atomic E-state index is 5.54. The van der Waals surface area contributed by atoms with Gasteiger partial charge in [0.2, 0.25) is 0 Å². The second-order valence-corrected chi connectivity index (χ2v) is 3.63. The molecule has 0 aliphatic rings. The normalized spacial score (nSPS) is 10.0. The van der Waals surface area contributed by atoms with Crippen molar-refractivity contribution in [3.05, 3.63) is 28.7 Å². The SMILES string of the molecule is NCCCCOc1ccccc1Br. The summed E-state index contributed by atoms with van der Waals surface area (Å²) >= 11 is 3.42. The number of nitrogens with two attached hydrogens (primary N) is 1. The third kappa shape index (κ3) is 3.79. The van der Waals surface area contributed by atoms with Crippen LogP contribution in [0.25, 0.3) is 0 Å². The second kappa shape index (κ2) is 6.00. The van der Waals surface area contributed by atoms with Crippen LogP contribution < -0.4 is 10.5 Å². The van der Waals surface area contributed by atoms with Crippen molar-refractivity contribution in [3.63, 3.8) is 0 Å². The molecule has 0 spiro atoms. The Morgan fingerprint density at radius 3 is 2.69 bits per heavy atom. The summed E-state index contributed by atoms with van der Waals surface area (Å²) in [6, 6.07) is 7.85. The molecule has 0 saturated carbocycles. The van der Waals surface area contributed by atoms with Crippen molar-refractivity contribution in [1.29, 1.82) is 0 Å². The van der Waals surface area contributed by atoms with Crippen LogP contribution >= 0.6 is 15.9 Å². The van der Waals surface area contributed by atoms with Gasteiger partial charge in [-0.2, -0.15) is 0 Å². The van der Waals surface area contributed by atoms with Gasteiger partial charge in [-0.15, -0.1) is 0 Å². The summed E-state index contributed by atoms with van der Waals surface area (Å²) in [6.07, 6.45) is 2.03. The average Bonchev–Trinajstić information content (AvgIpc) is 2.15. The molecule has 0 atom stereocenters. The summed E-state index contributed by atoms with van der Waals surface area (Å²) in [5.74, 6) is 0.902. The zero-order chi connectivity index (χ0) is 9.52. The summed E-state index contributed by atoms with van der Waals surface area (Å²) in [5.41, 5.74) is 5.37. The standard InChI is InChI=1S/C10H14BrNO/c11-9-5-1-2-6-10(9)13-8-4-3-7-12/h1-2,5-6H,3-4,7-8,12H2. The molecule has 72 valence electrons. The number of hydrogen-bond donors (Lipinski definition) is 1. The molecule has 0 unspecified atom stereocenters. The average molecular weight is 244 g/mol. The van der Waals surface area contributed by atoms with Crippen LogP contribution in [-0.2, 0) is 0 Å². The van der Waals surface area contributed by atoms with Gasteiger partial charge in [0, 0.05) is 0 Å². The van der Waals surface area contributed by atoms with Gasteiger partial charge in [-0.25, -0.2) is 0 Å². The molecule has 0 aliphatic heterocycles. The molecule has 0 aliphatic carbocycles. The summed E-state index contributed by atoms with van der Waals surface area (Å²) in [5, 5.41) is 0. The Hall–Kier alpha value is -0.540. The molecule has 1 aromatic carbocycles. The molecule has 0 fully saturated rings. The molecule has 3 heteroatoms. The monoisotopic (exact) mass is 243 g/mol. The Morgan fingerprint density at radius 2 is 2.00 bits per heavy atom. The zero-order valence-electron chi connectivity index (χ0n) is 7.50. The fourth-order valence-electron chi connectivity index (χ4n) is 0.990. The zero-order valence-corrected chi connectivity index (χ0v) is 9.09. The highest BCUT2D eigenvalue weighted by atomic mass is 79.9. The third-order valence-electron chi connectivity index (χ3n) is 1.69. The number of unbranched alkanes of at least 4 members (excludes halogenated alkanes) is 1. The van der Waals surface area contributed by atoms with E-state index >= 15 is 0 Å². The van der Waals surface area contributed by atoms with Gasteiger partial charge >= 0.3 is 0 Å². The van der Waals surface area contributed by atoms with Crippen molar-refractivity contribution in [2.24, 2.45) is 5.73 Å². The van der Waals surface area contributed by atoms with E-state index in [9.17, 15) is 0 Å². The first-order valence-corrected chi connectivity index (χ1v) is 5.21. The first kappa shape index (κ1) is 10.5. The van der Waals surface area contributed by atoms with Crippen LogP contribution in [0.5, 0.6) is 5.75 Å². The van der Waals surface area contributed by atoms with E-state index in [0.29, 0.717) is 0 Å². The molecule has 0 heterocycles. The lowest BCUT2D eigenvalue weighted by molar-refractivity contribution is 0.306. The number of para-hydroxylation sites is 1. The van der Waals surface area contributed by atoms with E-state index in [2.05, 4.69) is 15.9 Å². The molecule has 1 aromatic rings. The van der Waals surface area contributed by atoms with Crippen molar-refractivity contribution >= 4 is 15.9 Å². The number of rotatable bonds is 5. The fourth-order valence-corrected chi connectivity index (χ4v) is 1.39. The number of halogens is 1. The van der Waals surface area contributed by atoms with Gasteiger partial charge in [-0.1, -0.05) is 12.1 Å². The smallest absolute Gasteiger partial charge is 0.133 e. The molecule has 2 N–H and O–H groups in total. The topological polar surface area (TPSA) is 35.2 Å². The lowest BCUT2D eigenvalue weighted by Crippen LogP contribution is -2.03. The summed E-state index contributed by atoms with van der Waals surface area (Å²) in [7, 11) is 0. The van der Waals surface area contributed by atoms with E-state index in [1.807, 2.05) is 24.3 Å². The van der Waals surface area contributed by atoms with Gasteiger partial charge in [0.05, 0.1) is 11.1 Å². The predicted octanol–water partition coefficient (Wildman–Crippen LogP) is 2.57. The highest BCUT2D eigenvalue weighted by molar-refractivity contribution is 9.10. The first-order valence-electron chi connectivity index (χ1n) is 4.42. The van der Waals surface area contributed by atoms with Crippen LogP contribution in [0.2, 0.25) is 0 Å². The number of benzene rings is 1. The van der Waals surface area contributed by atoms with Crippen LogP contribution in [0, 0.1) is 0 Å². The van der Waals surface area contributed by atoms with Gasteiger partial charge in [0.25, 0.3) is 0 Å². The van der Waals surface area contributed by atoms with Gasteiger partial charge in [0.15, 0.2) is 0 Å². The summed E-state index contributed by atoms with van der Waals surface area (Å²) < 4.78 is 6.54. The van der Waals surface area contributed by atoms with Crippen LogP contribution in [0.4, 0.5) is 0 Å². The van der Waals surface area contributed by atoms with E-state index in [1.165, 1.54) is 0 Å². The first-order chi connectivity index (χ1) is 6.34. The molecule has 1 rings (SSSR count). The van der Waals surface area contributed by atoms with Crippen LogP contribution in [0.1, 0.15) is 12.8 Å². The van der Waals surface area contributed by atoms with E-state index in [1.54, 1.807) is 0 Å². The Kier molecular flexibility index (Phi) is 4.86. The van der Waals surface area contributed by atoms with Crippen molar-refractivity contribution in [3.8, 4) is 5.75 Å². The van der Waals surface area contributed by atoms with Crippen LogP contribution in [0.3, 0.4) is 0 Å². The van der Waals surface area contributed by atoms with Crippen LogP contribution in [-0.4, -0.2) is 13.2 Å². The van der Waals surface area contributed by atoms with Gasteiger partial charge < -0.3 is 10.5 Å². The summed E-state index contributed by atoms with van der Waals surface area (Å²) in [6.45, 7) is 1.47. The molecule has 13 heavy (non-hydrogen) atoms. The maximum atomic E-state index is 5.54. The number of ether oxygens (including phenoxy) is 1. The molecule has 0 saturated heterocycles.